The van der Waals surface area contributed by atoms with E-state index in [0.717, 1.165) is 17.7 Å². The third-order valence-corrected chi connectivity index (χ3v) is 2.04. The van der Waals surface area contributed by atoms with Gasteiger partial charge in [0.25, 0.3) is 0 Å². The molecule has 0 fully saturated rings. The van der Waals surface area contributed by atoms with E-state index in [0.29, 0.717) is 6.42 Å². The van der Waals surface area contributed by atoms with Crippen LogP contribution in [0.1, 0.15) is 32.3 Å². The van der Waals surface area contributed by atoms with Crippen molar-refractivity contribution in [3.8, 4) is 5.75 Å². The Labute approximate surface area is 96.4 Å². The first-order chi connectivity index (χ1) is 7.61. The fourth-order valence-electron chi connectivity index (χ4n) is 1.35. The molecule has 0 spiro atoms. The van der Waals surface area contributed by atoms with Crippen LogP contribution in [-0.4, -0.2) is 12.3 Å². The third-order valence-electron chi connectivity index (χ3n) is 2.04. The van der Waals surface area contributed by atoms with Crippen molar-refractivity contribution in [2.24, 2.45) is 0 Å². The fourth-order valence-corrected chi connectivity index (χ4v) is 1.35. The first-order valence-corrected chi connectivity index (χ1v) is 5.54. The Morgan fingerprint density at radius 3 is 2.81 bits per heavy atom. The highest BCUT2D eigenvalue weighted by Gasteiger charge is 2.09. The number of carbonyl (C=O) groups is 1. The van der Waals surface area contributed by atoms with Crippen LogP contribution in [0, 0.1) is 6.92 Å². The largest absolute Gasteiger partial charge is 0.455 e. The molecule has 0 aromatic heterocycles. The van der Waals surface area contributed by atoms with E-state index in [9.17, 15) is 4.79 Å². The van der Waals surface area contributed by atoms with Crippen molar-refractivity contribution >= 4 is 5.97 Å². The van der Waals surface area contributed by atoms with Crippen LogP contribution in [0.5, 0.6) is 5.75 Å². The van der Waals surface area contributed by atoms with E-state index in [-0.39, 0.29) is 5.97 Å². The Kier molecular flexibility index (Phi) is 4.83. The second-order valence-corrected chi connectivity index (χ2v) is 3.74. The molecule has 0 heterocycles. The quantitative estimate of drug-likeness (QED) is 0.567. The Morgan fingerprint density at radius 2 is 2.19 bits per heavy atom. The molecule has 3 nitrogen and oxygen atoms in total. The van der Waals surface area contributed by atoms with Gasteiger partial charge >= 0.3 is 5.97 Å². The van der Waals surface area contributed by atoms with Crippen molar-refractivity contribution in [1.29, 1.82) is 0 Å². The molecular weight excluding hydrogens is 204 g/mol. The van der Waals surface area contributed by atoms with Gasteiger partial charge in [-0.25, -0.2) is 0 Å². The summed E-state index contributed by atoms with van der Waals surface area (Å²) >= 11 is 0. The first-order valence-electron chi connectivity index (χ1n) is 5.54. The predicted octanol–water partition coefficient (Wildman–Crippen LogP) is 3.06. The van der Waals surface area contributed by atoms with Gasteiger partial charge in [0.1, 0.15) is 5.75 Å². The van der Waals surface area contributed by atoms with E-state index >= 15 is 0 Å². The third kappa shape index (κ3) is 4.34. The second kappa shape index (κ2) is 6.16. The number of ether oxygens (including phenoxy) is 2. The first kappa shape index (κ1) is 12.6. The van der Waals surface area contributed by atoms with Gasteiger partial charge in [-0.3, -0.25) is 4.79 Å². The maximum Gasteiger partial charge on any atom is 0.308 e. The van der Waals surface area contributed by atoms with E-state index in [1.54, 1.807) is 6.92 Å². The van der Waals surface area contributed by atoms with Gasteiger partial charge in [0.2, 0.25) is 6.29 Å². The fraction of sp³-hybridized carbons (Fsp3) is 0.462. The minimum atomic E-state index is -0.541. The molecule has 0 saturated carbocycles. The highest BCUT2D eigenvalue weighted by Crippen LogP contribution is 2.14. The van der Waals surface area contributed by atoms with Crippen LogP contribution in [0.4, 0.5) is 0 Å². The van der Waals surface area contributed by atoms with E-state index < -0.39 is 6.29 Å². The zero-order valence-electron chi connectivity index (χ0n) is 10.0. The summed E-state index contributed by atoms with van der Waals surface area (Å²) in [5.41, 5.74) is 1.12. The standard InChI is InChI=1S/C13H18O3/c1-4-6-13(14)16-11(3)15-12-8-5-7-10(2)9-12/h5,7-9,11H,4,6H2,1-3H3. The van der Waals surface area contributed by atoms with Crippen LogP contribution in [0.25, 0.3) is 0 Å². The summed E-state index contributed by atoms with van der Waals surface area (Å²) in [6.45, 7) is 5.64. The maximum atomic E-state index is 11.2. The highest BCUT2D eigenvalue weighted by molar-refractivity contribution is 5.69. The van der Waals surface area contributed by atoms with Crippen molar-refractivity contribution in [2.45, 2.75) is 39.9 Å². The molecule has 0 saturated heterocycles. The number of hydrogen-bond acceptors (Lipinski definition) is 3. The van der Waals surface area contributed by atoms with Crippen LogP contribution in [0.2, 0.25) is 0 Å². The maximum absolute atomic E-state index is 11.2. The summed E-state index contributed by atoms with van der Waals surface area (Å²) in [7, 11) is 0. The Balaban J connectivity index is 2.45. The SMILES string of the molecule is CCCC(=O)OC(C)Oc1cccc(C)c1. The summed E-state index contributed by atoms with van der Waals surface area (Å²) in [5.74, 6) is 0.499. The molecule has 1 rings (SSSR count). The van der Waals surface area contributed by atoms with Crippen molar-refractivity contribution in [2.75, 3.05) is 0 Å². The molecular formula is C13H18O3. The zero-order valence-corrected chi connectivity index (χ0v) is 10.0. The Hall–Kier alpha value is -1.51. The lowest BCUT2D eigenvalue weighted by molar-refractivity contribution is -0.161. The molecule has 88 valence electrons. The van der Waals surface area contributed by atoms with Gasteiger partial charge in [-0.05, 0) is 31.0 Å². The summed E-state index contributed by atoms with van der Waals surface area (Å²) in [4.78, 5) is 11.2. The topological polar surface area (TPSA) is 35.5 Å². The van der Waals surface area contributed by atoms with Gasteiger partial charge in [-0.1, -0.05) is 19.1 Å². The zero-order chi connectivity index (χ0) is 12.0. The predicted molar refractivity (Wildman–Crippen MR) is 62.3 cm³/mol. The van der Waals surface area contributed by atoms with Crippen LogP contribution in [0.15, 0.2) is 24.3 Å². The monoisotopic (exact) mass is 222 g/mol. The normalized spacial score (nSPS) is 11.9. The number of rotatable bonds is 5. The Morgan fingerprint density at radius 1 is 1.44 bits per heavy atom. The number of esters is 1. The lowest BCUT2D eigenvalue weighted by atomic mass is 10.2. The summed E-state index contributed by atoms with van der Waals surface area (Å²) < 4.78 is 10.5. The lowest BCUT2D eigenvalue weighted by Crippen LogP contribution is -2.20. The molecule has 0 bridgehead atoms. The second-order valence-electron chi connectivity index (χ2n) is 3.74. The van der Waals surface area contributed by atoms with E-state index in [1.165, 1.54) is 0 Å². The van der Waals surface area contributed by atoms with Crippen LogP contribution < -0.4 is 4.74 Å². The van der Waals surface area contributed by atoms with Gasteiger partial charge in [0, 0.05) is 13.3 Å². The number of benzene rings is 1. The summed E-state index contributed by atoms with van der Waals surface area (Å²) in [6, 6.07) is 7.65. The van der Waals surface area contributed by atoms with Gasteiger partial charge in [-0.15, -0.1) is 0 Å². The summed E-state index contributed by atoms with van der Waals surface area (Å²) in [5, 5.41) is 0. The minimum absolute atomic E-state index is 0.220. The average Bonchev–Trinajstić information content (AvgIpc) is 2.17. The van der Waals surface area contributed by atoms with E-state index in [2.05, 4.69) is 0 Å². The number of carbonyl (C=O) groups excluding carboxylic acids is 1. The minimum Gasteiger partial charge on any atom is -0.455 e. The molecule has 1 unspecified atom stereocenters. The number of hydrogen-bond donors (Lipinski definition) is 0. The van der Waals surface area contributed by atoms with Crippen molar-refractivity contribution in [1.82, 2.24) is 0 Å². The highest BCUT2D eigenvalue weighted by atomic mass is 16.7. The smallest absolute Gasteiger partial charge is 0.308 e. The van der Waals surface area contributed by atoms with Crippen molar-refractivity contribution in [3.63, 3.8) is 0 Å². The Bertz CT molecular complexity index is 347. The lowest BCUT2D eigenvalue weighted by Gasteiger charge is -2.15. The molecule has 0 radical (unpaired) electrons. The molecule has 1 atom stereocenters. The van der Waals surface area contributed by atoms with Gasteiger partial charge in [0.05, 0.1) is 0 Å². The van der Waals surface area contributed by atoms with Gasteiger partial charge in [-0.2, -0.15) is 0 Å². The molecule has 0 aliphatic carbocycles. The molecule has 0 N–H and O–H groups in total. The van der Waals surface area contributed by atoms with Crippen molar-refractivity contribution in [3.05, 3.63) is 29.8 Å². The molecule has 16 heavy (non-hydrogen) atoms. The average molecular weight is 222 g/mol. The molecule has 1 aromatic rings. The van der Waals surface area contributed by atoms with Crippen LogP contribution in [0.3, 0.4) is 0 Å². The van der Waals surface area contributed by atoms with Gasteiger partial charge in [0.15, 0.2) is 0 Å². The van der Waals surface area contributed by atoms with Crippen LogP contribution >= 0.6 is 0 Å². The summed E-state index contributed by atoms with van der Waals surface area (Å²) in [6.07, 6.45) is 0.679. The molecule has 1 aromatic carbocycles. The molecule has 0 aliphatic rings. The molecule has 0 aliphatic heterocycles. The van der Waals surface area contributed by atoms with Crippen molar-refractivity contribution < 1.29 is 14.3 Å². The number of aryl methyl sites for hydroxylation is 1. The van der Waals surface area contributed by atoms with E-state index in [4.69, 9.17) is 9.47 Å². The molecule has 0 amide bonds. The van der Waals surface area contributed by atoms with Gasteiger partial charge < -0.3 is 9.47 Å². The molecule has 3 heteroatoms. The van der Waals surface area contributed by atoms with E-state index in [1.807, 2.05) is 38.1 Å². The van der Waals surface area contributed by atoms with Crippen LogP contribution in [-0.2, 0) is 9.53 Å².